The fourth-order valence-electron chi connectivity index (χ4n) is 3.27. The molecule has 1 aliphatic heterocycles. The number of hydrogen-bond donors (Lipinski definition) is 0. The number of morpholine rings is 1. The Kier molecular flexibility index (Phi) is 5.01. The predicted molar refractivity (Wildman–Crippen MR) is 108 cm³/mol. The normalized spacial score (nSPS) is 15.4. The molecule has 0 saturated carbocycles. The molecule has 27 heavy (non-hydrogen) atoms. The van der Waals surface area contributed by atoms with Crippen molar-refractivity contribution in [2.45, 2.75) is 0 Å². The van der Waals surface area contributed by atoms with Crippen LogP contribution in [0.4, 0.5) is 5.69 Å². The predicted octanol–water partition coefficient (Wildman–Crippen LogP) is 3.09. The van der Waals surface area contributed by atoms with Crippen LogP contribution in [0.15, 0.2) is 58.5 Å². The van der Waals surface area contributed by atoms with Gasteiger partial charge in [0.25, 0.3) is 0 Å². The Labute approximate surface area is 163 Å². The standard InChI is InChI=1S/C20H22ClN5O/c1-24-17-5-3-4-6-18(17)25(2)20(24)23-19(26-11-13-27-14-12-26)22-16-9-7-15(21)8-10-16/h3-10H,11-14H2,1-2H3. The Bertz CT molecular complexity index is 1000. The molecule has 0 atom stereocenters. The van der Waals surface area contributed by atoms with Crippen molar-refractivity contribution >= 4 is 34.3 Å². The molecule has 0 radical (unpaired) electrons. The lowest BCUT2D eigenvalue weighted by Crippen LogP contribution is -2.41. The minimum Gasteiger partial charge on any atom is -0.378 e. The summed E-state index contributed by atoms with van der Waals surface area (Å²) in [6.45, 7) is 2.89. The minimum atomic E-state index is 0.677. The number of aryl methyl sites for hydroxylation is 2. The van der Waals surface area contributed by atoms with Crippen LogP contribution in [0.3, 0.4) is 0 Å². The van der Waals surface area contributed by atoms with Crippen molar-refractivity contribution in [1.82, 2.24) is 14.0 Å². The summed E-state index contributed by atoms with van der Waals surface area (Å²) in [4.78, 5) is 11.9. The highest BCUT2D eigenvalue weighted by Crippen LogP contribution is 2.18. The summed E-state index contributed by atoms with van der Waals surface area (Å²) < 4.78 is 9.68. The number of ether oxygens (including phenoxy) is 1. The van der Waals surface area contributed by atoms with Gasteiger partial charge in [-0.05, 0) is 36.4 Å². The number of fused-ring (bicyclic) bond motifs is 1. The minimum absolute atomic E-state index is 0.677. The van der Waals surface area contributed by atoms with Crippen LogP contribution in [0, 0.1) is 0 Å². The average Bonchev–Trinajstić information content (AvgIpc) is 2.95. The fourth-order valence-corrected chi connectivity index (χ4v) is 3.40. The molecule has 3 aromatic rings. The van der Waals surface area contributed by atoms with E-state index in [-0.39, 0.29) is 0 Å². The van der Waals surface area contributed by atoms with Gasteiger partial charge < -0.3 is 18.8 Å². The van der Waals surface area contributed by atoms with Crippen LogP contribution in [-0.2, 0) is 18.8 Å². The van der Waals surface area contributed by atoms with Gasteiger partial charge in [0.15, 0.2) is 0 Å². The topological polar surface area (TPSA) is 47.1 Å². The molecule has 1 fully saturated rings. The highest BCUT2D eigenvalue weighted by atomic mass is 35.5. The molecule has 1 aliphatic rings. The molecule has 2 aromatic carbocycles. The summed E-state index contributed by atoms with van der Waals surface area (Å²) >= 11 is 6.01. The molecule has 0 spiro atoms. The van der Waals surface area contributed by atoms with Gasteiger partial charge in [0.2, 0.25) is 11.6 Å². The molecule has 1 saturated heterocycles. The van der Waals surface area contributed by atoms with E-state index in [4.69, 9.17) is 26.3 Å². The number of hydrogen-bond acceptors (Lipinski definition) is 2. The Hall–Kier alpha value is -2.57. The van der Waals surface area contributed by atoms with E-state index in [0.717, 1.165) is 35.4 Å². The summed E-state index contributed by atoms with van der Waals surface area (Å²) in [7, 11) is 4.06. The smallest absolute Gasteiger partial charge is 0.229 e. The van der Waals surface area contributed by atoms with Crippen LogP contribution >= 0.6 is 11.6 Å². The van der Waals surface area contributed by atoms with Crippen molar-refractivity contribution in [3.8, 4) is 0 Å². The van der Waals surface area contributed by atoms with Gasteiger partial charge in [-0.3, -0.25) is 0 Å². The summed E-state index contributed by atoms with van der Waals surface area (Å²) in [5.74, 6) is 0.683. The van der Waals surface area contributed by atoms with Gasteiger partial charge in [0, 0.05) is 32.2 Å². The molecular weight excluding hydrogens is 362 g/mol. The first kappa shape index (κ1) is 17.8. The Morgan fingerprint density at radius 2 is 1.52 bits per heavy atom. The van der Waals surface area contributed by atoms with Crippen LogP contribution in [0.25, 0.3) is 11.0 Å². The number of nitrogens with zero attached hydrogens (tertiary/aromatic N) is 5. The summed E-state index contributed by atoms with van der Waals surface area (Å²) in [6, 6.07) is 15.8. The van der Waals surface area contributed by atoms with Gasteiger partial charge >= 0.3 is 0 Å². The number of aromatic nitrogens is 2. The van der Waals surface area contributed by atoms with Gasteiger partial charge in [-0.2, -0.15) is 4.99 Å². The second-order valence-corrected chi connectivity index (χ2v) is 6.94. The second-order valence-electron chi connectivity index (χ2n) is 6.51. The maximum Gasteiger partial charge on any atom is 0.229 e. The maximum absolute atomic E-state index is 6.01. The van der Waals surface area contributed by atoms with E-state index in [0.29, 0.717) is 24.2 Å². The molecule has 4 rings (SSSR count). The number of rotatable bonds is 1. The third-order valence-corrected chi connectivity index (χ3v) is 5.01. The molecule has 2 heterocycles. The molecule has 0 amide bonds. The van der Waals surface area contributed by atoms with Gasteiger partial charge in [-0.1, -0.05) is 23.7 Å². The van der Waals surface area contributed by atoms with E-state index in [1.54, 1.807) is 0 Å². The van der Waals surface area contributed by atoms with E-state index in [2.05, 4.69) is 26.2 Å². The SMILES string of the molecule is Cn1c(=NC(=Nc2ccc(Cl)cc2)N2CCOCC2)n(C)c2ccccc21. The number of para-hydroxylation sites is 2. The van der Waals surface area contributed by atoms with Gasteiger partial charge in [0.05, 0.1) is 29.9 Å². The molecule has 7 heteroatoms. The number of benzene rings is 2. The van der Waals surface area contributed by atoms with E-state index < -0.39 is 0 Å². The van der Waals surface area contributed by atoms with Crippen LogP contribution in [-0.4, -0.2) is 46.3 Å². The summed E-state index contributed by atoms with van der Waals surface area (Å²) in [6.07, 6.45) is 0. The third kappa shape index (κ3) is 3.63. The van der Waals surface area contributed by atoms with Crippen LogP contribution < -0.4 is 5.62 Å². The highest BCUT2D eigenvalue weighted by molar-refractivity contribution is 6.30. The molecule has 1 aromatic heterocycles. The molecule has 0 N–H and O–H groups in total. The first-order chi connectivity index (χ1) is 13.1. The molecule has 0 unspecified atom stereocenters. The molecule has 0 bridgehead atoms. The van der Waals surface area contributed by atoms with Gasteiger partial charge in [-0.15, -0.1) is 0 Å². The third-order valence-electron chi connectivity index (χ3n) is 4.75. The van der Waals surface area contributed by atoms with E-state index in [1.807, 2.05) is 50.5 Å². The van der Waals surface area contributed by atoms with E-state index >= 15 is 0 Å². The molecular formula is C20H22ClN5O. The molecule has 140 valence electrons. The van der Waals surface area contributed by atoms with Crippen molar-refractivity contribution in [2.24, 2.45) is 24.1 Å². The van der Waals surface area contributed by atoms with E-state index in [9.17, 15) is 0 Å². The van der Waals surface area contributed by atoms with Crippen molar-refractivity contribution < 1.29 is 4.74 Å². The van der Waals surface area contributed by atoms with Crippen molar-refractivity contribution in [1.29, 1.82) is 0 Å². The Balaban J connectivity index is 1.86. The largest absolute Gasteiger partial charge is 0.378 e. The summed E-state index contributed by atoms with van der Waals surface area (Å²) in [5.41, 5.74) is 3.93. The quantitative estimate of drug-likeness (QED) is 0.479. The molecule has 0 aliphatic carbocycles. The van der Waals surface area contributed by atoms with Crippen molar-refractivity contribution in [3.63, 3.8) is 0 Å². The Morgan fingerprint density at radius 1 is 0.926 bits per heavy atom. The van der Waals surface area contributed by atoms with Crippen molar-refractivity contribution in [2.75, 3.05) is 26.3 Å². The highest BCUT2D eigenvalue weighted by Gasteiger charge is 2.16. The Morgan fingerprint density at radius 3 is 2.11 bits per heavy atom. The van der Waals surface area contributed by atoms with E-state index in [1.165, 1.54) is 0 Å². The lowest BCUT2D eigenvalue weighted by atomic mass is 10.3. The van der Waals surface area contributed by atoms with Crippen LogP contribution in [0.1, 0.15) is 0 Å². The average molecular weight is 384 g/mol. The second kappa shape index (κ2) is 7.58. The van der Waals surface area contributed by atoms with Crippen LogP contribution in [0.5, 0.6) is 0 Å². The number of guanidine groups is 1. The monoisotopic (exact) mass is 383 g/mol. The zero-order valence-corrected chi connectivity index (χ0v) is 16.2. The summed E-state index contributed by atoms with van der Waals surface area (Å²) in [5, 5.41) is 0.693. The first-order valence-electron chi connectivity index (χ1n) is 8.95. The number of imidazole rings is 1. The zero-order valence-electron chi connectivity index (χ0n) is 15.5. The maximum atomic E-state index is 6.01. The fraction of sp³-hybridized carbons (Fsp3) is 0.300. The zero-order chi connectivity index (χ0) is 18.8. The first-order valence-corrected chi connectivity index (χ1v) is 9.33. The lowest BCUT2D eigenvalue weighted by molar-refractivity contribution is 0.0675. The van der Waals surface area contributed by atoms with Crippen molar-refractivity contribution in [3.05, 3.63) is 59.2 Å². The van der Waals surface area contributed by atoms with Crippen LogP contribution in [0.2, 0.25) is 5.02 Å². The molecule has 6 nitrogen and oxygen atoms in total. The lowest BCUT2D eigenvalue weighted by Gasteiger charge is -2.27. The number of aliphatic imine (C=N–C) groups is 1. The number of halogens is 1. The van der Waals surface area contributed by atoms with Gasteiger partial charge in [-0.25, -0.2) is 4.99 Å². The van der Waals surface area contributed by atoms with Gasteiger partial charge in [0.1, 0.15) is 0 Å².